The zero-order chi connectivity index (χ0) is 35.5. The first kappa shape index (κ1) is 37.2. The maximum atomic E-state index is 7.87. The van der Waals surface area contributed by atoms with Gasteiger partial charge in [-0.1, -0.05) is 172 Å². The van der Waals surface area contributed by atoms with Gasteiger partial charge in [0.2, 0.25) is 0 Å². The Balaban J connectivity index is 1.42. The van der Waals surface area contributed by atoms with Crippen LogP contribution in [0.1, 0.15) is 37.5 Å². The monoisotopic (exact) mass is 718 g/mol. The molecule has 0 N–H and O–H groups in total. The lowest BCUT2D eigenvalue weighted by Crippen LogP contribution is -2.71. The molecule has 0 bridgehead atoms. The van der Waals surface area contributed by atoms with Crippen LogP contribution < -0.4 is 10.4 Å². The van der Waals surface area contributed by atoms with E-state index in [-0.39, 0.29) is 10.5 Å². The Morgan fingerprint density at radius 1 is 0.549 bits per heavy atom. The fourth-order valence-corrected chi connectivity index (χ4v) is 12.5. The van der Waals surface area contributed by atoms with Gasteiger partial charge in [0.15, 0.2) is 0 Å². The van der Waals surface area contributed by atoms with Crippen molar-refractivity contribution >= 4 is 30.5 Å². The molecule has 1 aliphatic rings. The molecule has 266 valence electrons. The third kappa shape index (κ3) is 9.10. The summed E-state index contributed by atoms with van der Waals surface area (Å²) in [6.45, 7) is 8.57. The highest BCUT2D eigenvalue weighted by Gasteiger charge is 2.57. The van der Waals surface area contributed by atoms with Crippen LogP contribution >= 0.6 is 11.8 Å². The van der Waals surface area contributed by atoms with Gasteiger partial charge in [0.1, 0.15) is 29.9 Å². The fraction of sp³-hybridized carbons (Fsp3) is 0.318. The molecule has 6 rings (SSSR count). The van der Waals surface area contributed by atoms with E-state index in [1.807, 2.05) is 54.6 Å². The van der Waals surface area contributed by atoms with Gasteiger partial charge in [-0.2, -0.15) is 0 Å². The first-order chi connectivity index (χ1) is 24.9. The number of hydrogen-bond acceptors (Lipinski definition) is 6. The van der Waals surface area contributed by atoms with Crippen molar-refractivity contribution in [2.24, 2.45) is 0 Å². The standard InChI is InChI=1S/C44H50O5SSi/c1-44(2,3)51(37-26-16-8-17-27-37,38-28-18-9-19-29-38)49-42-41(47-32-36-24-14-7-15-25-36)40(46-31-35-22-12-6-13-23-35)39(48-43(42)50-4)33-45-30-34-20-10-5-11-21-34/h5-29,39-43H,30-33H2,1-4H3/t39-,40-,41+,42+,43-/m1/s1. The third-order valence-corrected chi connectivity index (χ3v) is 15.4. The minimum absolute atomic E-state index is 0.237. The van der Waals surface area contributed by atoms with Crippen molar-refractivity contribution in [3.63, 3.8) is 0 Å². The number of ether oxygens (including phenoxy) is 4. The van der Waals surface area contributed by atoms with Gasteiger partial charge in [0.05, 0.1) is 26.4 Å². The second kappa shape index (κ2) is 17.8. The van der Waals surface area contributed by atoms with Gasteiger partial charge in [-0.3, -0.25) is 0 Å². The molecule has 0 unspecified atom stereocenters. The molecule has 0 spiro atoms. The van der Waals surface area contributed by atoms with Gasteiger partial charge in [0.25, 0.3) is 8.32 Å². The molecule has 5 nitrogen and oxygen atoms in total. The molecule has 1 heterocycles. The van der Waals surface area contributed by atoms with Gasteiger partial charge in [-0.25, -0.2) is 0 Å². The molecule has 51 heavy (non-hydrogen) atoms. The Kier molecular flexibility index (Phi) is 13.0. The molecule has 1 fully saturated rings. The highest BCUT2D eigenvalue weighted by molar-refractivity contribution is 7.99. The quantitative estimate of drug-likeness (QED) is 0.101. The minimum atomic E-state index is -3.01. The lowest BCUT2D eigenvalue weighted by Gasteiger charge is -2.51. The molecule has 0 saturated carbocycles. The van der Waals surface area contributed by atoms with Crippen molar-refractivity contribution in [2.75, 3.05) is 12.9 Å². The van der Waals surface area contributed by atoms with E-state index in [2.05, 4.69) is 124 Å². The highest BCUT2D eigenvalue weighted by atomic mass is 32.2. The van der Waals surface area contributed by atoms with E-state index < -0.39 is 32.7 Å². The van der Waals surface area contributed by atoms with Gasteiger partial charge in [-0.15, -0.1) is 11.8 Å². The van der Waals surface area contributed by atoms with Crippen LogP contribution in [0.3, 0.4) is 0 Å². The van der Waals surface area contributed by atoms with Crippen LogP contribution in [-0.4, -0.2) is 51.0 Å². The van der Waals surface area contributed by atoms with Crippen molar-refractivity contribution in [1.82, 2.24) is 0 Å². The molecule has 0 aliphatic carbocycles. The number of hydrogen-bond donors (Lipinski definition) is 0. The number of benzene rings is 5. The highest BCUT2D eigenvalue weighted by Crippen LogP contribution is 2.42. The molecular weight excluding hydrogens is 669 g/mol. The van der Waals surface area contributed by atoms with Crippen LogP contribution in [-0.2, 0) is 43.2 Å². The van der Waals surface area contributed by atoms with Crippen molar-refractivity contribution in [3.8, 4) is 0 Å². The average molecular weight is 719 g/mol. The molecule has 5 aromatic carbocycles. The fourth-order valence-electron chi connectivity index (χ4n) is 7.01. The summed E-state index contributed by atoms with van der Waals surface area (Å²) in [5, 5.41) is 2.18. The van der Waals surface area contributed by atoms with E-state index in [4.69, 9.17) is 23.4 Å². The van der Waals surface area contributed by atoms with Crippen LogP contribution in [0, 0.1) is 0 Å². The summed E-state index contributed by atoms with van der Waals surface area (Å²) in [5.74, 6) is 0. The average Bonchev–Trinajstić information content (AvgIpc) is 3.17. The maximum absolute atomic E-state index is 7.87. The van der Waals surface area contributed by atoms with Crippen molar-refractivity contribution in [3.05, 3.63) is 168 Å². The predicted molar refractivity (Wildman–Crippen MR) is 211 cm³/mol. The largest absolute Gasteiger partial charge is 0.398 e. The summed E-state index contributed by atoms with van der Waals surface area (Å²) in [5.41, 5.74) is 2.95. The SMILES string of the molecule is CS[C@H]1O[C@H](COCc2ccccc2)[C@@H](OCc2ccccc2)[C@H](OCc2ccccc2)[C@@H]1O[Si](c1ccccc1)(c1ccccc1)C(C)(C)C. The van der Waals surface area contributed by atoms with E-state index >= 15 is 0 Å². The zero-order valence-electron chi connectivity index (χ0n) is 30.1. The summed E-state index contributed by atoms with van der Waals surface area (Å²) in [6.07, 6.45) is 0.299. The molecule has 1 aliphatic heterocycles. The molecule has 0 radical (unpaired) electrons. The summed E-state index contributed by atoms with van der Waals surface area (Å²) in [7, 11) is -3.01. The van der Waals surface area contributed by atoms with Crippen molar-refractivity contribution < 1.29 is 23.4 Å². The first-order valence-corrected chi connectivity index (χ1v) is 21.0. The zero-order valence-corrected chi connectivity index (χ0v) is 31.9. The number of thioether (sulfide) groups is 1. The second-order valence-electron chi connectivity index (χ2n) is 14.0. The van der Waals surface area contributed by atoms with Crippen LogP contribution in [0.25, 0.3) is 0 Å². The Morgan fingerprint density at radius 2 is 0.961 bits per heavy atom. The van der Waals surface area contributed by atoms with Gasteiger partial charge in [0, 0.05) is 0 Å². The van der Waals surface area contributed by atoms with Gasteiger partial charge >= 0.3 is 0 Å². The first-order valence-electron chi connectivity index (χ1n) is 17.8. The van der Waals surface area contributed by atoms with E-state index in [9.17, 15) is 0 Å². The normalized spacial score (nSPS) is 21.0. The van der Waals surface area contributed by atoms with Crippen molar-refractivity contribution in [2.45, 2.75) is 75.5 Å². The van der Waals surface area contributed by atoms with E-state index in [0.717, 1.165) is 16.7 Å². The Labute approximate surface area is 309 Å². The molecule has 5 atom stereocenters. The van der Waals surface area contributed by atoms with Gasteiger partial charge in [-0.05, 0) is 38.4 Å². The molecule has 1 saturated heterocycles. The molecule has 5 aromatic rings. The molecular formula is C44H50O5SSi. The van der Waals surface area contributed by atoms with E-state index in [1.165, 1.54) is 10.4 Å². The second-order valence-corrected chi connectivity index (χ2v) is 19.2. The number of rotatable bonds is 15. The lowest BCUT2D eigenvalue weighted by atomic mass is 9.99. The predicted octanol–water partition coefficient (Wildman–Crippen LogP) is 8.41. The van der Waals surface area contributed by atoms with Gasteiger partial charge < -0.3 is 23.4 Å². The van der Waals surface area contributed by atoms with E-state index in [0.29, 0.717) is 26.4 Å². The summed E-state index contributed by atoms with van der Waals surface area (Å²) in [6, 6.07) is 52.4. The molecule has 0 amide bonds. The van der Waals surface area contributed by atoms with Crippen LogP contribution in [0.5, 0.6) is 0 Å². The smallest absolute Gasteiger partial charge is 0.261 e. The topological polar surface area (TPSA) is 46.2 Å². The summed E-state index contributed by atoms with van der Waals surface area (Å²) < 4.78 is 35.3. The van der Waals surface area contributed by atoms with E-state index in [1.54, 1.807) is 11.8 Å². The van der Waals surface area contributed by atoms with Crippen molar-refractivity contribution in [1.29, 1.82) is 0 Å². The Hall–Kier alpha value is -3.53. The summed E-state index contributed by atoms with van der Waals surface area (Å²) >= 11 is 1.65. The van der Waals surface area contributed by atoms with Crippen LogP contribution in [0.2, 0.25) is 5.04 Å². The Bertz CT molecular complexity index is 1680. The van der Waals surface area contributed by atoms with Crippen LogP contribution in [0.4, 0.5) is 0 Å². The Morgan fingerprint density at radius 3 is 1.39 bits per heavy atom. The third-order valence-electron chi connectivity index (χ3n) is 9.52. The minimum Gasteiger partial charge on any atom is -0.398 e. The van der Waals surface area contributed by atoms with Crippen LogP contribution in [0.15, 0.2) is 152 Å². The molecule has 7 heteroatoms. The molecule has 0 aromatic heterocycles. The maximum Gasteiger partial charge on any atom is 0.261 e. The lowest BCUT2D eigenvalue weighted by molar-refractivity contribution is -0.239. The summed E-state index contributed by atoms with van der Waals surface area (Å²) in [4.78, 5) is 0.